The Bertz CT molecular complexity index is 440. The minimum Gasteiger partial charge on any atom is -0.393 e. The van der Waals surface area contributed by atoms with Crippen LogP contribution < -0.4 is 0 Å². The number of fused-ring (bicyclic) bond motifs is 2. The van der Waals surface area contributed by atoms with Gasteiger partial charge in [-0.2, -0.15) is 0 Å². The van der Waals surface area contributed by atoms with Crippen LogP contribution in [0, 0.1) is 17.8 Å². The summed E-state index contributed by atoms with van der Waals surface area (Å²) >= 11 is 12.3. The lowest BCUT2D eigenvalue weighted by atomic mass is 9.84. The van der Waals surface area contributed by atoms with E-state index in [1.807, 2.05) is 18.2 Å². The van der Waals surface area contributed by atoms with Crippen LogP contribution in [0.2, 0.25) is 10.0 Å². The lowest BCUT2D eigenvalue weighted by molar-refractivity contribution is 0.124. The minimum absolute atomic E-state index is 0.318. The van der Waals surface area contributed by atoms with Gasteiger partial charge in [0, 0.05) is 16.5 Å². The first-order chi connectivity index (χ1) is 9.13. The number of rotatable bonds is 4. The number of hydrogen-bond donors (Lipinski definition) is 1. The number of hydrogen-bond acceptors (Lipinski definition) is 1. The molecule has 104 valence electrons. The maximum absolute atomic E-state index is 10.3. The fraction of sp³-hybridized carbons (Fsp3) is 0.625. The summed E-state index contributed by atoms with van der Waals surface area (Å²) in [4.78, 5) is 0. The molecule has 0 saturated heterocycles. The van der Waals surface area contributed by atoms with Gasteiger partial charge in [0.2, 0.25) is 0 Å². The molecule has 2 aliphatic rings. The second kappa shape index (κ2) is 5.63. The van der Waals surface area contributed by atoms with E-state index >= 15 is 0 Å². The normalized spacial score (nSPS) is 30.8. The molecule has 2 fully saturated rings. The number of aliphatic hydroxyl groups excluding tert-OH is 1. The minimum atomic E-state index is -0.318. The van der Waals surface area contributed by atoms with Crippen molar-refractivity contribution >= 4 is 23.2 Å². The third-order valence-electron chi connectivity index (χ3n) is 4.96. The highest BCUT2D eigenvalue weighted by Crippen LogP contribution is 2.50. The molecular weight excluding hydrogens is 279 g/mol. The Labute approximate surface area is 124 Å². The zero-order valence-electron chi connectivity index (χ0n) is 11.0. The number of aliphatic hydroxyl groups is 1. The van der Waals surface area contributed by atoms with Gasteiger partial charge in [-0.25, -0.2) is 0 Å². The van der Waals surface area contributed by atoms with Gasteiger partial charge in [0.05, 0.1) is 6.10 Å². The van der Waals surface area contributed by atoms with Gasteiger partial charge in [-0.15, -0.1) is 0 Å². The van der Waals surface area contributed by atoms with Crippen LogP contribution in [-0.2, 0) is 6.42 Å². The van der Waals surface area contributed by atoms with Crippen molar-refractivity contribution in [3.8, 4) is 0 Å². The molecule has 0 amide bonds. The zero-order chi connectivity index (χ0) is 13.4. The van der Waals surface area contributed by atoms with E-state index in [0.717, 1.165) is 29.7 Å². The zero-order valence-corrected chi connectivity index (χ0v) is 12.5. The van der Waals surface area contributed by atoms with E-state index in [9.17, 15) is 5.11 Å². The molecule has 4 atom stereocenters. The van der Waals surface area contributed by atoms with Crippen molar-refractivity contribution < 1.29 is 5.11 Å². The Hall–Kier alpha value is -0.240. The SMILES string of the molecule is OC(Cc1c(Cl)cccc1Cl)CC1CC2CCC1C2. The molecule has 0 aromatic heterocycles. The van der Waals surface area contributed by atoms with Gasteiger partial charge in [-0.05, 0) is 61.1 Å². The molecule has 2 saturated carbocycles. The van der Waals surface area contributed by atoms with Crippen LogP contribution >= 0.6 is 23.2 Å². The van der Waals surface area contributed by atoms with Crippen LogP contribution in [0.15, 0.2) is 18.2 Å². The first-order valence-corrected chi connectivity index (χ1v) is 8.00. The maximum Gasteiger partial charge on any atom is 0.0584 e. The van der Waals surface area contributed by atoms with E-state index in [-0.39, 0.29) is 6.10 Å². The molecule has 0 spiro atoms. The molecule has 1 aromatic rings. The van der Waals surface area contributed by atoms with Crippen LogP contribution in [0.4, 0.5) is 0 Å². The molecule has 19 heavy (non-hydrogen) atoms. The topological polar surface area (TPSA) is 20.2 Å². The highest BCUT2D eigenvalue weighted by atomic mass is 35.5. The first kappa shape index (κ1) is 13.7. The summed E-state index contributed by atoms with van der Waals surface area (Å²) < 4.78 is 0. The highest BCUT2D eigenvalue weighted by Gasteiger charge is 2.39. The quantitative estimate of drug-likeness (QED) is 0.852. The van der Waals surface area contributed by atoms with E-state index in [4.69, 9.17) is 23.2 Å². The van der Waals surface area contributed by atoms with Crippen LogP contribution in [0.1, 0.15) is 37.7 Å². The Morgan fingerprint density at radius 2 is 1.89 bits per heavy atom. The van der Waals surface area contributed by atoms with Crippen molar-refractivity contribution in [2.45, 2.75) is 44.6 Å². The Kier molecular flexibility index (Phi) is 4.07. The predicted octanol–water partition coefficient (Wildman–Crippen LogP) is 4.72. The van der Waals surface area contributed by atoms with Crippen LogP contribution in [0.3, 0.4) is 0 Å². The summed E-state index contributed by atoms with van der Waals surface area (Å²) in [5.74, 6) is 2.52. The van der Waals surface area contributed by atoms with Gasteiger partial charge in [0.25, 0.3) is 0 Å². The van der Waals surface area contributed by atoms with Gasteiger partial charge in [-0.1, -0.05) is 35.7 Å². The van der Waals surface area contributed by atoms with E-state index in [1.54, 1.807) is 0 Å². The predicted molar refractivity (Wildman–Crippen MR) is 79.7 cm³/mol. The molecule has 1 nitrogen and oxygen atoms in total. The fourth-order valence-corrected chi connectivity index (χ4v) is 4.61. The molecular formula is C16H20Cl2O. The van der Waals surface area contributed by atoms with E-state index in [2.05, 4.69) is 0 Å². The van der Waals surface area contributed by atoms with Gasteiger partial charge < -0.3 is 5.11 Å². The maximum atomic E-state index is 10.3. The fourth-order valence-electron chi connectivity index (χ4n) is 4.06. The number of benzene rings is 1. The van der Waals surface area contributed by atoms with Crippen molar-refractivity contribution in [3.05, 3.63) is 33.8 Å². The molecule has 4 unspecified atom stereocenters. The van der Waals surface area contributed by atoms with Gasteiger partial charge in [0.15, 0.2) is 0 Å². The smallest absolute Gasteiger partial charge is 0.0584 e. The summed E-state index contributed by atoms with van der Waals surface area (Å²) in [7, 11) is 0. The van der Waals surface area contributed by atoms with Crippen molar-refractivity contribution in [2.75, 3.05) is 0 Å². The molecule has 3 heteroatoms. The second-order valence-electron chi connectivity index (χ2n) is 6.23. The number of halogens is 2. The highest BCUT2D eigenvalue weighted by molar-refractivity contribution is 6.35. The van der Waals surface area contributed by atoms with Crippen molar-refractivity contribution in [1.29, 1.82) is 0 Å². The van der Waals surface area contributed by atoms with Crippen LogP contribution in [0.5, 0.6) is 0 Å². The molecule has 1 N–H and O–H groups in total. The second-order valence-corrected chi connectivity index (χ2v) is 7.04. The summed E-state index contributed by atoms with van der Waals surface area (Å²) in [5.41, 5.74) is 0.890. The van der Waals surface area contributed by atoms with Crippen LogP contribution in [0.25, 0.3) is 0 Å². The molecule has 3 rings (SSSR count). The molecule has 0 radical (unpaired) electrons. The van der Waals surface area contributed by atoms with E-state index in [1.165, 1.54) is 25.7 Å². The molecule has 2 aliphatic carbocycles. The van der Waals surface area contributed by atoms with Crippen molar-refractivity contribution in [3.63, 3.8) is 0 Å². The third-order valence-corrected chi connectivity index (χ3v) is 5.67. The Morgan fingerprint density at radius 1 is 1.16 bits per heavy atom. The largest absolute Gasteiger partial charge is 0.393 e. The Morgan fingerprint density at radius 3 is 2.47 bits per heavy atom. The van der Waals surface area contributed by atoms with Gasteiger partial charge in [0.1, 0.15) is 0 Å². The van der Waals surface area contributed by atoms with Gasteiger partial charge in [-0.3, -0.25) is 0 Å². The summed E-state index contributed by atoms with van der Waals surface area (Å²) in [6.45, 7) is 0. The van der Waals surface area contributed by atoms with Crippen molar-refractivity contribution in [1.82, 2.24) is 0 Å². The molecule has 1 aromatic carbocycles. The van der Waals surface area contributed by atoms with E-state index < -0.39 is 0 Å². The summed E-state index contributed by atoms with van der Waals surface area (Å²) in [5, 5.41) is 11.7. The monoisotopic (exact) mass is 298 g/mol. The van der Waals surface area contributed by atoms with Crippen LogP contribution in [-0.4, -0.2) is 11.2 Å². The molecule has 0 aliphatic heterocycles. The Balaban J connectivity index is 1.61. The standard InChI is InChI=1S/C16H20Cl2O/c17-15-2-1-3-16(18)14(15)9-13(19)8-12-7-10-4-5-11(12)6-10/h1-3,10-13,19H,4-9H2. The van der Waals surface area contributed by atoms with Gasteiger partial charge >= 0.3 is 0 Å². The third kappa shape index (κ3) is 2.94. The average Bonchev–Trinajstić information content (AvgIpc) is 2.96. The first-order valence-electron chi connectivity index (χ1n) is 7.24. The van der Waals surface area contributed by atoms with Crippen molar-refractivity contribution in [2.24, 2.45) is 17.8 Å². The summed E-state index contributed by atoms with van der Waals surface area (Å²) in [6, 6.07) is 5.52. The van der Waals surface area contributed by atoms with E-state index in [0.29, 0.717) is 16.5 Å². The lowest BCUT2D eigenvalue weighted by Gasteiger charge is -2.24. The average molecular weight is 299 g/mol. The lowest BCUT2D eigenvalue weighted by Crippen LogP contribution is -2.20. The molecule has 0 heterocycles. The summed E-state index contributed by atoms with van der Waals surface area (Å²) in [6.07, 6.45) is 6.65. The molecule has 2 bridgehead atoms.